The van der Waals surface area contributed by atoms with Crippen LogP contribution in [0.4, 0.5) is 18.9 Å². The standard InChI is InChI=1S/C18H19F3N4O2/c19-18(20,21)11-25-10-13(9-22-25)17(27)24-15-7-5-12(6-8-15)16(26)23-14-3-1-2-4-14/h5-10,14H,1-4,11H2,(H,23,26)(H,24,27). The van der Waals surface area contributed by atoms with Crippen molar-refractivity contribution in [2.24, 2.45) is 0 Å². The highest BCUT2D eigenvalue weighted by Crippen LogP contribution is 2.19. The zero-order valence-electron chi connectivity index (χ0n) is 14.4. The Morgan fingerprint density at radius 3 is 2.37 bits per heavy atom. The molecule has 9 heteroatoms. The first-order valence-electron chi connectivity index (χ1n) is 8.62. The first-order valence-corrected chi connectivity index (χ1v) is 8.62. The van der Waals surface area contributed by atoms with Gasteiger partial charge in [0.1, 0.15) is 6.54 Å². The Morgan fingerprint density at radius 1 is 1.07 bits per heavy atom. The molecule has 0 bridgehead atoms. The van der Waals surface area contributed by atoms with Gasteiger partial charge in [-0.25, -0.2) is 0 Å². The summed E-state index contributed by atoms with van der Waals surface area (Å²) in [7, 11) is 0. The predicted molar refractivity (Wildman–Crippen MR) is 92.4 cm³/mol. The van der Waals surface area contributed by atoms with Crippen molar-refractivity contribution in [2.75, 3.05) is 5.32 Å². The Labute approximate surface area is 153 Å². The number of aromatic nitrogens is 2. The first kappa shape index (κ1) is 18.9. The highest BCUT2D eigenvalue weighted by atomic mass is 19.4. The number of carbonyl (C=O) groups is 2. The van der Waals surface area contributed by atoms with Gasteiger partial charge in [0.15, 0.2) is 0 Å². The van der Waals surface area contributed by atoms with Gasteiger partial charge in [-0.2, -0.15) is 18.3 Å². The number of nitrogens with one attached hydrogen (secondary N) is 2. The lowest BCUT2D eigenvalue weighted by Gasteiger charge is -2.12. The third-order valence-electron chi connectivity index (χ3n) is 4.33. The number of carbonyl (C=O) groups excluding carboxylic acids is 2. The second-order valence-corrected chi connectivity index (χ2v) is 6.53. The molecule has 2 amide bonds. The lowest BCUT2D eigenvalue weighted by atomic mass is 10.1. The number of anilines is 1. The molecule has 0 atom stereocenters. The molecular formula is C18H19F3N4O2. The second kappa shape index (κ2) is 7.81. The highest BCUT2D eigenvalue weighted by Gasteiger charge is 2.28. The molecule has 1 fully saturated rings. The zero-order chi connectivity index (χ0) is 19.4. The average Bonchev–Trinajstić information content (AvgIpc) is 3.26. The summed E-state index contributed by atoms with van der Waals surface area (Å²) in [4.78, 5) is 24.3. The van der Waals surface area contributed by atoms with Crippen LogP contribution in [0.2, 0.25) is 0 Å². The summed E-state index contributed by atoms with van der Waals surface area (Å²) < 4.78 is 37.7. The minimum absolute atomic E-state index is 0.0160. The van der Waals surface area contributed by atoms with Gasteiger partial charge in [0, 0.05) is 23.5 Å². The summed E-state index contributed by atoms with van der Waals surface area (Å²) in [5, 5.41) is 9.08. The summed E-state index contributed by atoms with van der Waals surface area (Å²) in [5.74, 6) is -0.736. The monoisotopic (exact) mass is 380 g/mol. The number of benzene rings is 1. The fourth-order valence-electron chi connectivity index (χ4n) is 3.00. The Kier molecular flexibility index (Phi) is 5.48. The SMILES string of the molecule is O=C(Nc1ccc(C(=O)NC2CCCC2)cc1)c1cnn(CC(F)(F)F)c1. The number of halogens is 3. The maximum atomic E-state index is 12.3. The highest BCUT2D eigenvalue weighted by molar-refractivity contribution is 6.04. The average molecular weight is 380 g/mol. The van der Waals surface area contributed by atoms with Gasteiger partial charge in [0.05, 0.1) is 11.8 Å². The van der Waals surface area contributed by atoms with E-state index in [1.807, 2.05) is 0 Å². The molecule has 1 heterocycles. The van der Waals surface area contributed by atoms with Crippen LogP contribution < -0.4 is 10.6 Å². The van der Waals surface area contributed by atoms with E-state index in [1.54, 1.807) is 24.3 Å². The van der Waals surface area contributed by atoms with Crippen molar-refractivity contribution >= 4 is 17.5 Å². The van der Waals surface area contributed by atoms with Gasteiger partial charge in [-0.3, -0.25) is 14.3 Å². The molecule has 1 aromatic carbocycles. The van der Waals surface area contributed by atoms with Crippen molar-refractivity contribution in [1.29, 1.82) is 0 Å². The molecule has 1 aliphatic carbocycles. The second-order valence-electron chi connectivity index (χ2n) is 6.53. The third kappa shape index (κ3) is 5.32. The topological polar surface area (TPSA) is 76.0 Å². The summed E-state index contributed by atoms with van der Waals surface area (Å²) >= 11 is 0. The molecule has 0 aliphatic heterocycles. The van der Waals surface area contributed by atoms with E-state index < -0.39 is 18.6 Å². The molecule has 0 radical (unpaired) electrons. The maximum Gasteiger partial charge on any atom is 0.408 e. The molecule has 0 spiro atoms. The molecule has 1 aromatic heterocycles. The molecular weight excluding hydrogens is 361 g/mol. The van der Waals surface area contributed by atoms with Crippen molar-refractivity contribution in [1.82, 2.24) is 15.1 Å². The van der Waals surface area contributed by atoms with Gasteiger partial charge in [-0.15, -0.1) is 0 Å². The fourth-order valence-corrected chi connectivity index (χ4v) is 3.00. The van der Waals surface area contributed by atoms with Gasteiger partial charge in [-0.05, 0) is 37.1 Å². The normalized spacial score (nSPS) is 14.9. The van der Waals surface area contributed by atoms with Crippen LogP contribution in [-0.4, -0.2) is 33.8 Å². The molecule has 144 valence electrons. The number of alkyl halides is 3. The van der Waals surface area contributed by atoms with E-state index >= 15 is 0 Å². The molecule has 1 aliphatic rings. The van der Waals surface area contributed by atoms with Crippen LogP contribution in [0.5, 0.6) is 0 Å². The van der Waals surface area contributed by atoms with Crippen LogP contribution in [0.1, 0.15) is 46.4 Å². The number of nitrogens with zero attached hydrogens (tertiary/aromatic N) is 2. The van der Waals surface area contributed by atoms with E-state index in [0.717, 1.165) is 38.1 Å². The molecule has 2 aromatic rings. The minimum Gasteiger partial charge on any atom is -0.349 e. The zero-order valence-corrected chi connectivity index (χ0v) is 14.4. The van der Waals surface area contributed by atoms with Crippen LogP contribution >= 0.6 is 0 Å². The van der Waals surface area contributed by atoms with E-state index in [2.05, 4.69) is 15.7 Å². The number of hydrogen-bond donors (Lipinski definition) is 2. The van der Waals surface area contributed by atoms with Crippen molar-refractivity contribution in [3.05, 3.63) is 47.8 Å². The summed E-state index contributed by atoms with van der Waals surface area (Å²) in [6, 6.07) is 6.54. The van der Waals surface area contributed by atoms with Crippen molar-refractivity contribution in [3.63, 3.8) is 0 Å². The van der Waals surface area contributed by atoms with Crippen LogP contribution in [0.3, 0.4) is 0 Å². The summed E-state index contributed by atoms with van der Waals surface area (Å²) in [6.45, 7) is -1.26. The Balaban J connectivity index is 1.57. The number of amides is 2. The summed E-state index contributed by atoms with van der Waals surface area (Å²) in [5.41, 5.74) is 0.932. The lowest BCUT2D eigenvalue weighted by Crippen LogP contribution is -2.32. The largest absolute Gasteiger partial charge is 0.408 e. The smallest absolute Gasteiger partial charge is 0.349 e. The van der Waals surface area contributed by atoms with Gasteiger partial charge >= 0.3 is 6.18 Å². The van der Waals surface area contributed by atoms with E-state index in [1.165, 1.54) is 0 Å². The Bertz CT molecular complexity index is 809. The van der Waals surface area contributed by atoms with E-state index in [-0.39, 0.29) is 17.5 Å². The predicted octanol–water partition coefficient (Wildman–Crippen LogP) is 3.37. The van der Waals surface area contributed by atoms with Gasteiger partial charge in [0.25, 0.3) is 11.8 Å². The van der Waals surface area contributed by atoms with Crippen LogP contribution in [0.15, 0.2) is 36.7 Å². The maximum absolute atomic E-state index is 12.3. The van der Waals surface area contributed by atoms with Gasteiger partial charge in [-0.1, -0.05) is 12.8 Å². The number of hydrogen-bond acceptors (Lipinski definition) is 3. The molecule has 0 unspecified atom stereocenters. The molecule has 1 saturated carbocycles. The fraction of sp³-hybridized carbons (Fsp3) is 0.389. The molecule has 3 rings (SSSR count). The lowest BCUT2D eigenvalue weighted by molar-refractivity contribution is -0.142. The van der Waals surface area contributed by atoms with Gasteiger partial charge < -0.3 is 10.6 Å². The number of rotatable bonds is 5. The third-order valence-corrected chi connectivity index (χ3v) is 4.33. The van der Waals surface area contributed by atoms with Crippen LogP contribution in [0.25, 0.3) is 0 Å². The van der Waals surface area contributed by atoms with Crippen molar-refractivity contribution < 1.29 is 22.8 Å². The first-order chi connectivity index (χ1) is 12.8. The quantitative estimate of drug-likeness (QED) is 0.835. The Hall–Kier alpha value is -2.84. The Morgan fingerprint density at radius 2 is 1.74 bits per heavy atom. The molecule has 2 N–H and O–H groups in total. The molecule has 6 nitrogen and oxygen atoms in total. The molecule has 27 heavy (non-hydrogen) atoms. The van der Waals surface area contributed by atoms with Crippen molar-refractivity contribution in [3.8, 4) is 0 Å². The van der Waals surface area contributed by atoms with Crippen LogP contribution in [-0.2, 0) is 6.54 Å². The van der Waals surface area contributed by atoms with E-state index in [9.17, 15) is 22.8 Å². The molecule has 0 saturated heterocycles. The summed E-state index contributed by atoms with van der Waals surface area (Å²) in [6.07, 6.45) is 1.92. The van der Waals surface area contributed by atoms with Crippen LogP contribution in [0, 0.1) is 0 Å². The van der Waals surface area contributed by atoms with E-state index in [0.29, 0.717) is 15.9 Å². The van der Waals surface area contributed by atoms with Crippen molar-refractivity contribution in [2.45, 2.75) is 44.4 Å². The minimum atomic E-state index is -4.41. The van der Waals surface area contributed by atoms with E-state index in [4.69, 9.17) is 0 Å². The van der Waals surface area contributed by atoms with Gasteiger partial charge in [0.2, 0.25) is 0 Å².